The van der Waals surface area contributed by atoms with E-state index in [1.807, 2.05) is 36.6 Å². The molecule has 0 unspecified atom stereocenters. The molecule has 4 aromatic rings. The lowest BCUT2D eigenvalue weighted by atomic mass is 10.1. The van der Waals surface area contributed by atoms with Crippen molar-refractivity contribution in [2.45, 2.75) is 6.92 Å². The molecule has 0 aliphatic heterocycles. The molecule has 0 saturated heterocycles. The molecule has 2 N–H and O–H groups in total. The molecular weight excluding hydrogens is 332 g/mol. The second-order valence-electron chi connectivity index (χ2n) is 5.53. The van der Waals surface area contributed by atoms with Crippen molar-refractivity contribution in [2.24, 2.45) is 10.2 Å². The number of anilines is 1. The molecule has 3 aromatic heterocycles. The van der Waals surface area contributed by atoms with Gasteiger partial charge in [0, 0.05) is 40.3 Å². The van der Waals surface area contributed by atoms with Crippen LogP contribution in [0.25, 0.3) is 21.3 Å². The van der Waals surface area contributed by atoms with Crippen LogP contribution in [0, 0.1) is 6.92 Å². The smallest absolute Gasteiger partial charge is 0.174 e. The number of azo groups is 1. The van der Waals surface area contributed by atoms with Crippen LogP contribution in [0.1, 0.15) is 5.56 Å². The average molecular weight is 346 g/mol. The summed E-state index contributed by atoms with van der Waals surface area (Å²) in [6, 6.07) is 9.78. The highest BCUT2D eigenvalue weighted by molar-refractivity contribution is 7.13. The Balaban J connectivity index is 1.69. The van der Waals surface area contributed by atoms with E-state index < -0.39 is 0 Å². The summed E-state index contributed by atoms with van der Waals surface area (Å²) in [6.45, 7) is 2.02. The number of fused-ring (bicyclic) bond motifs is 1. The predicted octanol–water partition coefficient (Wildman–Crippen LogP) is 5.06. The largest absolute Gasteiger partial charge is 0.382 e. The van der Waals surface area contributed by atoms with Gasteiger partial charge in [0.05, 0.1) is 0 Å². The summed E-state index contributed by atoms with van der Waals surface area (Å²) in [7, 11) is 0. The van der Waals surface area contributed by atoms with Gasteiger partial charge in [0.15, 0.2) is 11.6 Å². The molecule has 7 heteroatoms. The highest BCUT2D eigenvalue weighted by atomic mass is 32.1. The topological polar surface area (TPSA) is 89.4 Å². The Morgan fingerprint density at radius 1 is 1.00 bits per heavy atom. The highest BCUT2D eigenvalue weighted by Crippen LogP contribution is 2.32. The maximum Gasteiger partial charge on any atom is 0.174 e. The summed E-state index contributed by atoms with van der Waals surface area (Å²) in [6.07, 6.45) is 5.25. The minimum atomic E-state index is 0.348. The number of hydrogen-bond acceptors (Lipinski definition) is 7. The molecule has 1 aromatic carbocycles. The molecule has 0 amide bonds. The van der Waals surface area contributed by atoms with E-state index in [-0.39, 0.29) is 0 Å². The van der Waals surface area contributed by atoms with Crippen LogP contribution in [0.15, 0.2) is 64.5 Å². The predicted molar refractivity (Wildman–Crippen MR) is 100 cm³/mol. The molecule has 0 radical (unpaired) electrons. The minimum Gasteiger partial charge on any atom is -0.382 e. The minimum absolute atomic E-state index is 0.348. The number of pyridine rings is 2. The third-order valence-electron chi connectivity index (χ3n) is 3.73. The maximum atomic E-state index is 6.00. The van der Waals surface area contributed by atoms with Gasteiger partial charge >= 0.3 is 0 Å². The molecule has 3 heterocycles. The molecule has 0 bridgehead atoms. The Morgan fingerprint density at radius 2 is 1.92 bits per heavy atom. The van der Waals surface area contributed by atoms with Crippen molar-refractivity contribution in [2.75, 3.05) is 5.73 Å². The Morgan fingerprint density at radius 3 is 2.68 bits per heavy atom. The van der Waals surface area contributed by atoms with E-state index in [4.69, 9.17) is 5.73 Å². The van der Waals surface area contributed by atoms with Gasteiger partial charge in [-0.2, -0.15) is 0 Å². The van der Waals surface area contributed by atoms with E-state index in [0.717, 1.165) is 26.9 Å². The first-order chi connectivity index (χ1) is 12.2. The first-order valence-corrected chi connectivity index (χ1v) is 8.51. The fraction of sp³-hybridized carbons (Fsp3) is 0.0556. The van der Waals surface area contributed by atoms with E-state index in [1.54, 1.807) is 36.0 Å². The van der Waals surface area contributed by atoms with Crippen molar-refractivity contribution in [3.63, 3.8) is 0 Å². The molecular formula is C18H14N6S. The zero-order chi connectivity index (χ0) is 17.2. The fourth-order valence-electron chi connectivity index (χ4n) is 2.47. The number of benzene rings is 1. The maximum absolute atomic E-state index is 6.00. The number of aryl methyl sites for hydroxylation is 1. The fourth-order valence-corrected chi connectivity index (χ4v) is 3.10. The van der Waals surface area contributed by atoms with Gasteiger partial charge in [-0.05, 0) is 25.1 Å². The van der Waals surface area contributed by atoms with Crippen LogP contribution >= 0.6 is 11.3 Å². The van der Waals surface area contributed by atoms with Crippen LogP contribution < -0.4 is 5.73 Å². The van der Waals surface area contributed by atoms with Gasteiger partial charge < -0.3 is 5.73 Å². The number of hydrogen-bond donors (Lipinski definition) is 1. The van der Waals surface area contributed by atoms with Gasteiger partial charge in [-0.3, -0.25) is 0 Å². The monoisotopic (exact) mass is 346 g/mol. The molecule has 0 atom stereocenters. The Kier molecular flexibility index (Phi) is 3.91. The van der Waals surface area contributed by atoms with E-state index in [2.05, 4.69) is 25.2 Å². The van der Waals surface area contributed by atoms with Gasteiger partial charge in [0.1, 0.15) is 10.7 Å². The van der Waals surface area contributed by atoms with Crippen molar-refractivity contribution >= 4 is 39.4 Å². The van der Waals surface area contributed by atoms with E-state index in [1.165, 1.54) is 0 Å². The third kappa shape index (κ3) is 3.09. The normalized spacial score (nSPS) is 11.4. The summed E-state index contributed by atoms with van der Waals surface area (Å²) in [5.41, 5.74) is 8.64. The lowest BCUT2D eigenvalue weighted by molar-refractivity contribution is 1.15. The summed E-state index contributed by atoms with van der Waals surface area (Å²) in [5, 5.41) is 13.3. The van der Waals surface area contributed by atoms with Gasteiger partial charge in [-0.1, -0.05) is 17.7 Å². The van der Waals surface area contributed by atoms with Crippen LogP contribution in [0.3, 0.4) is 0 Å². The van der Waals surface area contributed by atoms with Crippen LogP contribution in [-0.2, 0) is 0 Å². The Bertz CT molecular complexity index is 1050. The summed E-state index contributed by atoms with van der Waals surface area (Å²) < 4.78 is 0. The Hall–Kier alpha value is -3.19. The number of nitrogens with two attached hydrogens (primary N) is 1. The second kappa shape index (κ2) is 6.37. The van der Waals surface area contributed by atoms with Crippen molar-refractivity contribution in [1.82, 2.24) is 15.0 Å². The summed E-state index contributed by atoms with van der Waals surface area (Å²) in [4.78, 5) is 12.8. The summed E-state index contributed by atoms with van der Waals surface area (Å²) >= 11 is 1.57. The number of rotatable bonds is 3. The number of thiazole rings is 1. The van der Waals surface area contributed by atoms with E-state index in [0.29, 0.717) is 17.3 Å². The third-order valence-corrected chi connectivity index (χ3v) is 4.55. The number of nitrogen functional groups attached to an aromatic ring is 1. The van der Waals surface area contributed by atoms with Gasteiger partial charge in [0.2, 0.25) is 0 Å². The van der Waals surface area contributed by atoms with Gasteiger partial charge in [-0.15, -0.1) is 21.6 Å². The molecule has 6 nitrogen and oxygen atoms in total. The SMILES string of the molecule is Cc1ccc2cnc(N)c(N=Nc3ccc(-c4nccs4)cn3)c2c1. The van der Waals surface area contributed by atoms with E-state index >= 15 is 0 Å². The zero-order valence-corrected chi connectivity index (χ0v) is 14.2. The number of aromatic nitrogens is 3. The second-order valence-corrected chi connectivity index (χ2v) is 6.42. The summed E-state index contributed by atoms with van der Waals surface area (Å²) in [5.74, 6) is 0.852. The molecule has 0 fully saturated rings. The standard InChI is InChI=1S/C18H14N6S/c1-11-2-3-12-9-22-17(19)16(14(12)8-11)24-23-15-5-4-13(10-21-15)18-20-6-7-25-18/h2-10H,1H3,(H2,19,22). The van der Waals surface area contributed by atoms with Crippen molar-refractivity contribution in [3.05, 3.63) is 59.9 Å². The van der Waals surface area contributed by atoms with Crippen molar-refractivity contribution in [3.8, 4) is 10.6 Å². The number of nitrogens with zero attached hydrogens (tertiary/aromatic N) is 5. The first kappa shape index (κ1) is 15.3. The molecule has 25 heavy (non-hydrogen) atoms. The van der Waals surface area contributed by atoms with Crippen LogP contribution in [0.5, 0.6) is 0 Å². The van der Waals surface area contributed by atoms with Crippen LogP contribution in [0.2, 0.25) is 0 Å². The van der Waals surface area contributed by atoms with Crippen LogP contribution in [0.4, 0.5) is 17.3 Å². The molecule has 0 saturated carbocycles. The van der Waals surface area contributed by atoms with Crippen molar-refractivity contribution < 1.29 is 0 Å². The van der Waals surface area contributed by atoms with Gasteiger partial charge in [-0.25, -0.2) is 15.0 Å². The Labute approximate surface area is 148 Å². The molecule has 0 aliphatic carbocycles. The average Bonchev–Trinajstić information content (AvgIpc) is 3.16. The quantitative estimate of drug-likeness (QED) is 0.525. The molecule has 122 valence electrons. The lowest BCUT2D eigenvalue weighted by Crippen LogP contribution is -1.91. The highest BCUT2D eigenvalue weighted by Gasteiger charge is 2.07. The molecule has 0 spiro atoms. The zero-order valence-electron chi connectivity index (χ0n) is 13.4. The lowest BCUT2D eigenvalue weighted by Gasteiger charge is -2.05. The van der Waals surface area contributed by atoms with Gasteiger partial charge in [0.25, 0.3) is 0 Å². The van der Waals surface area contributed by atoms with Crippen LogP contribution in [-0.4, -0.2) is 15.0 Å². The first-order valence-electron chi connectivity index (χ1n) is 7.63. The molecule has 4 rings (SSSR count). The molecule has 0 aliphatic rings. The van der Waals surface area contributed by atoms with E-state index in [9.17, 15) is 0 Å². The van der Waals surface area contributed by atoms with Crippen molar-refractivity contribution in [1.29, 1.82) is 0 Å².